The lowest BCUT2D eigenvalue weighted by atomic mass is 10.3. The fraction of sp³-hybridized carbons (Fsp3) is 0.333. The topological polar surface area (TPSA) is 43.2 Å². The van der Waals surface area contributed by atoms with E-state index < -0.39 is 0 Å². The van der Waals surface area contributed by atoms with Crippen molar-refractivity contribution >= 4 is 11.4 Å². The quantitative estimate of drug-likeness (QED) is 0.300. The van der Waals surface area contributed by atoms with Crippen molar-refractivity contribution in [2.45, 2.75) is 32.6 Å². The average Bonchev–Trinajstić information content (AvgIpc) is 2.66. The van der Waals surface area contributed by atoms with Gasteiger partial charge in [0.15, 0.2) is 0 Å². The molecule has 0 N–H and O–H groups in total. The van der Waals surface area contributed by atoms with E-state index in [1.165, 1.54) is 0 Å². The van der Waals surface area contributed by atoms with Gasteiger partial charge >= 0.3 is 0 Å². The highest BCUT2D eigenvalue weighted by molar-refractivity contribution is 5.44. The predicted molar refractivity (Wildman–Crippen MR) is 101 cm³/mol. The number of terminal acetylenes is 1. The number of azo groups is 1. The first-order chi connectivity index (χ1) is 12.3. The number of hydrogen-bond donors (Lipinski definition) is 0. The maximum absolute atomic E-state index is 5.63. The predicted octanol–water partition coefficient (Wildman–Crippen LogP) is 6.07. The Morgan fingerprint density at radius 1 is 0.800 bits per heavy atom. The molecule has 0 unspecified atom stereocenters. The van der Waals surface area contributed by atoms with Gasteiger partial charge in [-0.15, -0.1) is 12.3 Å². The average molecular weight is 336 g/mol. The van der Waals surface area contributed by atoms with Gasteiger partial charge in [0.25, 0.3) is 0 Å². The second kappa shape index (κ2) is 10.9. The Bertz CT molecular complexity index is 685. The molecular formula is C21H24N2O2. The van der Waals surface area contributed by atoms with Crippen LogP contribution >= 0.6 is 0 Å². The minimum absolute atomic E-state index is 0.623. The summed E-state index contributed by atoms with van der Waals surface area (Å²) in [4.78, 5) is 0. The van der Waals surface area contributed by atoms with Crippen LogP contribution in [0.3, 0.4) is 0 Å². The Morgan fingerprint density at radius 2 is 1.28 bits per heavy atom. The van der Waals surface area contributed by atoms with Gasteiger partial charge < -0.3 is 9.47 Å². The zero-order valence-electron chi connectivity index (χ0n) is 14.6. The lowest BCUT2D eigenvalue weighted by Gasteiger charge is -2.05. The van der Waals surface area contributed by atoms with Gasteiger partial charge in [0.05, 0.1) is 24.6 Å². The largest absolute Gasteiger partial charge is 0.494 e. The summed E-state index contributed by atoms with van der Waals surface area (Å²) in [6.07, 6.45) is 8.98. The van der Waals surface area contributed by atoms with E-state index in [2.05, 4.69) is 23.1 Å². The van der Waals surface area contributed by atoms with E-state index in [0.29, 0.717) is 6.61 Å². The Labute approximate surface area is 149 Å². The van der Waals surface area contributed by atoms with Crippen LogP contribution in [0.1, 0.15) is 32.6 Å². The first-order valence-corrected chi connectivity index (χ1v) is 8.62. The lowest BCUT2D eigenvalue weighted by Crippen LogP contribution is -1.95. The van der Waals surface area contributed by atoms with Gasteiger partial charge in [0, 0.05) is 6.42 Å². The van der Waals surface area contributed by atoms with E-state index in [4.69, 9.17) is 15.9 Å². The highest BCUT2D eigenvalue weighted by atomic mass is 16.5. The molecule has 2 aromatic rings. The van der Waals surface area contributed by atoms with E-state index >= 15 is 0 Å². The third-order valence-corrected chi connectivity index (χ3v) is 3.46. The summed E-state index contributed by atoms with van der Waals surface area (Å²) in [5, 5.41) is 8.47. The zero-order valence-corrected chi connectivity index (χ0v) is 14.6. The van der Waals surface area contributed by atoms with E-state index in [9.17, 15) is 0 Å². The van der Waals surface area contributed by atoms with Gasteiger partial charge in [-0.05, 0) is 61.4 Å². The monoisotopic (exact) mass is 336 g/mol. The fourth-order valence-corrected chi connectivity index (χ4v) is 2.03. The summed E-state index contributed by atoms with van der Waals surface area (Å²) in [7, 11) is 0. The molecule has 0 aromatic heterocycles. The maximum Gasteiger partial charge on any atom is 0.119 e. The molecule has 0 aliphatic carbocycles. The van der Waals surface area contributed by atoms with Gasteiger partial charge in [0.2, 0.25) is 0 Å². The number of rotatable bonds is 10. The van der Waals surface area contributed by atoms with Crippen molar-refractivity contribution < 1.29 is 9.47 Å². The molecule has 130 valence electrons. The smallest absolute Gasteiger partial charge is 0.119 e. The summed E-state index contributed by atoms with van der Waals surface area (Å²) < 4.78 is 11.2. The summed E-state index contributed by atoms with van der Waals surface area (Å²) in [5.74, 6) is 4.27. The molecule has 0 amide bonds. The molecule has 25 heavy (non-hydrogen) atoms. The van der Waals surface area contributed by atoms with Crippen LogP contribution in [-0.4, -0.2) is 13.2 Å². The number of benzene rings is 2. The summed E-state index contributed by atoms with van der Waals surface area (Å²) in [6, 6.07) is 15.1. The standard InChI is InChI=1S/C21H24N2O2/c1-3-5-7-17-25-21-14-10-19(11-15-21)23-22-18-8-12-20(13-9-18)24-16-6-4-2/h1,8-15H,4-7,16-17H2,2H3. The van der Waals surface area contributed by atoms with E-state index in [-0.39, 0.29) is 0 Å². The van der Waals surface area contributed by atoms with Crippen molar-refractivity contribution in [2.24, 2.45) is 10.2 Å². The molecule has 0 aliphatic heterocycles. The van der Waals surface area contributed by atoms with Gasteiger partial charge in [-0.1, -0.05) is 13.3 Å². The van der Waals surface area contributed by atoms with Crippen LogP contribution in [0.25, 0.3) is 0 Å². The van der Waals surface area contributed by atoms with Crippen LogP contribution in [0.4, 0.5) is 11.4 Å². The number of unbranched alkanes of at least 4 members (excludes halogenated alkanes) is 2. The molecule has 4 heteroatoms. The molecule has 0 heterocycles. The lowest BCUT2D eigenvalue weighted by molar-refractivity contribution is 0.309. The Morgan fingerprint density at radius 3 is 1.72 bits per heavy atom. The first-order valence-electron chi connectivity index (χ1n) is 8.62. The van der Waals surface area contributed by atoms with Crippen LogP contribution in [0.15, 0.2) is 58.8 Å². The van der Waals surface area contributed by atoms with Crippen molar-refractivity contribution in [2.75, 3.05) is 13.2 Å². The molecule has 0 aliphatic rings. The Hall–Kier alpha value is -2.80. The fourth-order valence-electron chi connectivity index (χ4n) is 2.03. The second-order valence-corrected chi connectivity index (χ2v) is 5.55. The molecule has 2 rings (SSSR count). The molecule has 2 aromatic carbocycles. The van der Waals surface area contributed by atoms with Crippen LogP contribution < -0.4 is 9.47 Å². The molecular weight excluding hydrogens is 312 g/mol. The summed E-state index contributed by atoms with van der Waals surface area (Å²) in [5.41, 5.74) is 1.57. The normalized spacial score (nSPS) is 10.6. The number of nitrogens with zero attached hydrogens (tertiary/aromatic N) is 2. The summed E-state index contributed by atoms with van der Waals surface area (Å²) >= 11 is 0. The molecule has 0 atom stereocenters. The summed E-state index contributed by atoms with van der Waals surface area (Å²) in [6.45, 7) is 3.51. The highest BCUT2D eigenvalue weighted by Gasteiger charge is 1.97. The van der Waals surface area contributed by atoms with Crippen LogP contribution in [-0.2, 0) is 0 Å². The maximum atomic E-state index is 5.63. The molecule has 0 radical (unpaired) electrons. The minimum Gasteiger partial charge on any atom is -0.494 e. The molecule has 0 bridgehead atoms. The van der Waals surface area contributed by atoms with Crippen LogP contribution in [0.2, 0.25) is 0 Å². The van der Waals surface area contributed by atoms with Crippen molar-refractivity contribution in [3.8, 4) is 23.8 Å². The molecule has 0 spiro atoms. The minimum atomic E-state index is 0.623. The van der Waals surface area contributed by atoms with Gasteiger partial charge in [-0.3, -0.25) is 0 Å². The van der Waals surface area contributed by atoms with Crippen molar-refractivity contribution in [3.05, 3.63) is 48.5 Å². The first kappa shape index (κ1) is 18.5. The van der Waals surface area contributed by atoms with E-state index in [1.807, 2.05) is 48.5 Å². The van der Waals surface area contributed by atoms with Gasteiger partial charge in [-0.2, -0.15) is 10.2 Å². The molecule has 0 fully saturated rings. The van der Waals surface area contributed by atoms with Crippen LogP contribution in [0.5, 0.6) is 11.5 Å². The van der Waals surface area contributed by atoms with Crippen molar-refractivity contribution in [1.82, 2.24) is 0 Å². The third kappa shape index (κ3) is 7.09. The third-order valence-electron chi connectivity index (χ3n) is 3.46. The SMILES string of the molecule is C#CCCCOc1ccc(N=Nc2ccc(OCCCC)cc2)cc1. The highest BCUT2D eigenvalue weighted by Crippen LogP contribution is 2.23. The number of hydrogen-bond acceptors (Lipinski definition) is 4. The molecule has 4 nitrogen and oxygen atoms in total. The van der Waals surface area contributed by atoms with Crippen LogP contribution in [0, 0.1) is 12.3 Å². The second-order valence-electron chi connectivity index (χ2n) is 5.55. The van der Waals surface area contributed by atoms with Crippen molar-refractivity contribution in [1.29, 1.82) is 0 Å². The molecule has 0 saturated carbocycles. The Balaban J connectivity index is 1.83. The van der Waals surface area contributed by atoms with E-state index in [0.717, 1.165) is 55.2 Å². The Kier molecular flexibility index (Phi) is 8.07. The van der Waals surface area contributed by atoms with Crippen molar-refractivity contribution in [3.63, 3.8) is 0 Å². The zero-order chi connectivity index (χ0) is 17.7. The van der Waals surface area contributed by atoms with E-state index in [1.54, 1.807) is 0 Å². The van der Waals surface area contributed by atoms with Gasteiger partial charge in [0.1, 0.15) is 11.5 Å². The molecule has 0 saturated heterocycles. The number of ether oxygens (including phenoxy) is 2. The van der Waals surface area contributed by atoms with Gasteiger partial charge in [-0.25, -0.2) is 0 Å².